The van der Waals surface area contributed by atoms with Crippen LogP contribution < -0.4 is 10.6 Å². The molecule has 2 atom stereocenters. The molecule has 32 heavy (non-hydrogen) atoms. The standard InChI is InChI=1S/C25H27F3N2O2/c1-29-16-22(18-5-3-2-4-6-18)30-21(19-10-14-23(31)24(32)15-19)13-9-17-7-11-20(12-8-17)25(26,27)28/h2-8,10-12,14-15,21-22,29-32H,9,13,16H2,1H3. The third-order valence-corrected chi connectivity index (χ3v) is 5.42. The number of aromatic hydroxyl groups is 2. The summed E-state index contributed by atoms with van der Waals surface area (Å²) in [4.78, 5) is 0. The van der Waals surface area contributed by atoms with Crippen LogP contribution in [0.25, 0.3) is 0 Å². The van der Waals surface area contributed by atoms with Gasteiger partial charge in [0.1, 0.15) is 0 Å². The molecule has 0 amide bonds. The zero-order valence-electron chi connectivity index (χ0n) is 17.7. The predicted octanol–water partition coefficient (Wildman–Crippen LogP) is 5.34. The molecule has 0 saturated carbocycles. The van der Waals surface area contributed by atoms with Crippen molar-refractivity contribution in [2.24, 2.45) is 0 Å². The third-order valence-electron chi connectivity index (χ3n) is 5.42. The van der Waals surface area contributed by atoms with E-state index in [0.717, 1.165) is 28.8 Å². The molecule has 0 fully saturated rings. The summed E-state index contributed by atoms with van der Waals surface area (Å²) in [5.74, 6) is -0.418. The van der Waals surface area contributed by atoms with Crippen LogP contribution in [-0.4, -0.2) is 23.8 Å². The highest BCUT2D eigenvalue weighted by Gasteiger charge is 2.30. The SMILES string of the molecule is CNCC(NC(CCc1ccc(C(F)(F)F)cc1)c1ccc(O)c(O)c1)c1ccccc1. The second-order valence-electron chi connectivity index (χ2n) is 7.72. The Kier molecular flexibility index (Phi) is 7.77. The van der Waals surface area contributed by atoms with Crippen molar-refractivity contribution < 1.29 is 23.4 Å². The lowest BCUT2D eigenvalue weighted by Crippen LogP contribution is -2.33. The summed E-state index contributed by atoms with van der Waals surface area (Å²) in [7, 11) is 1.86. The Bertz CT molecular complexity index is 992. The lowest BCUT2D eigenvalue weighted by molar-refractivity contribution is -0.137. The number of rotatable bonds is 9. The van der Waals surface area contributed by atoms with Crippen molar-refractivity contribution >= 4 is 0 Å². The molecule has 7 heteroatoms. The van der Waals surface area contributed by atoms with Crippen molar-refractivity contribution in [1.29, 1.82) is 0 Å². The van der Waals surface area contributed by atoms with Gasteiger partial charge in [-0.25, -0.2) is 0 Å². The summed E-state index contributed by atoms with van der Waals surface area (Å²) in [5, 5.41) is 26.5. The van der Waals surface area contributed by atoms with Gasteiger partial charge < -0.3 is 20.8 Å². The lowest BCUT2D eigenvalue weighted by atomic mass is 9.96. The van der Waals surface area contributed by atoms with Gasteiger partial charge in [-0.05, 0) is 60.8 Å². The van der Waals surface area contributed by atoms with E-state index in [-0.39, 0.29) is 23.6 Å². The van der Waals surface area contributed by atoms with Crippen LogP contribution in [-0.2, 0) is 12.6 Å². The highest BCUT2D eigenvalue weighted by Crippen LogP contribution is 2.32. The molecule has 0 aliphatic rings. The molecule has 0 bridgehead atoms. The number of hydrogen-bond donors (Lipinski definition) is 4. The maximum absolute atomic E-state index is 12.8. The fraction of sp³-hybridized carbons (Fsp3) is 0.280. The molecule has 2 unspecified atom stereocenters. The minimum atomic E-state index is -4.36. The van der Waals surface area contributed by atoms with E-state index in [4.69, 9.17) is 0 Å². The number of phenolic OH excluding ortho intramolecular Hbond substituents is 2. The molecule has 0 aromatic heterocycles. The van der Waals surface area contributed by atoms with Gasteiger partial charge in [0, 0.05) is 18.6 Å². The summed E-state index contributed by atoms with van der Waals surface area (Å²) in [6.07, 6.45) is -3.23. The van der Waals surface area contributed by atoms with E-state index in [2.05, 4.69) is 10.6 Å². The van der Waals surface area contributed by atoms with E-state index < -0.39 is 11.7 Å². The van der Waals surface area contributed by atoms with Gasteiger partial charge in [0.15, 0.2) is 11.5 Å². The van der Waals surface area contributed by atoms with Crippen molar-refractivity contribution in [1.82, 2.24) is 10.6 Å². The van der Waals surface area contributed by atoms with Crippen LogP contribution in [0.5, 0.6) is 11.5 Å². The molecule has 3 rings (SSSR count). The molecule has 4 nitrogen and oxygen atoms in total. The first kappa shape index (κ1) is 23.6. The maximum atomic E-state index is 12.8. The lowest BCUT2D eigenvalue weighted by Gasteiger charge is -2.27. The molecule has 0 spiro atoms. The van der Waals surface area contributed by atoms with E-state index in [1.807, 2.05) is 37.4 Å². The first-order valence-electron chi connectivity index (χ1n) is 10.4. The van der Waals surface area contributed by atoms with Gasteiger partial charge in [-0.2, -0.15) is 13.2 Å². The zero-order chi connectivity index (χ0) is 23.1. The van der Waals surface area contributed by atoms with Crippen molar-refractivity contribution in [3.63, 3.8) is 0 Å². The zero-order valence-corrected chi connectivity index (χ0v) is 17.7. The van der Waals surface area contributed by atoms with Crippen molar-refractivity contribution in [2.75, 3.05) is 13.6 Å². The Labute approximate surface area is 185 Å². The largest absolute Gasteiger partial charge is 0.504 e. The molecule has 0 heterocycles. The molecule has 0 saturated heterocycles. The smallest absolute Gasteiger partial charge is 0.416 e. The van der Waals surface area contributed by atoms with Gasteiger partial charge >= 0.3 is 6.18 Å². The van der Waals surface area contributed by atoms with Gasteiger partial charge in [-0.3, -0.25) is 0 Å². The fourth-order valence-corrected chi connectivity index (χ4v) is 3.68. The topological polar surface area (TPSA) is 64.5 Å². The normalized spacial score (nSPS) is 13.6. The number of likely N-dealkylation sites (N-methyl/N-ethyl adjacent to an activating group) is 1. The number of halogens is 3. The van der Waals surface area contributed by atoms with E-state index in [9.17, 15) is 23.4 Å². The third kappa shape index (κ3) is 6.24. The van der Waals surface area contributed by atoms with Crippen LogP contribution in [0.4, 0.5) is 13.2 Å². The summed E-state index contributed by atoms with van der Waals surface area (Å²) in [6.45, 7) is 0.658. The number of hydrogen-bond acceptors (Lipinski definition) is 4. The highest BCUT2D eigenvalue weighted by atomic mass is 19.4. The number of phenols is 2. The Morgan fingerprint density at radius 3 is 2.09 bits per heavy atom. The van der Waals surface area contributed by atoms with Crippen LogP contribution in [0.1, 0.15) is 40.8 Å². The average Bonchev–Trinajstić information content (AvgIpc) is 2.78. The van der Waals surface area contributed by atoms with E-state index in [0.29, 0.717) is 19.4 Å². The molecule has 4 N–H and O–H groups in total. The van der Waals surface area contributed by atoms with Crippen molar-refractivity contribution in [2.45, 2.75) is 31.1 Å². The van der Waals surface area contributed by atoms with Gasteiger partial charge in [-0.15, -0.1) is 0 Å². The van der Waals surface area contributed by atoms with E-state index in [1.54, 1.807) is 6.07 Å². The summed E-state index contributed by atoms with van der Waals surface area (Å²) in [5.41, 5.74) is 1.99. The fourth-order valence-electron chi connectivity index (χ4n) is 3.68. The van der Waals surface area contributed by atoms with Crippen molar-refractivity contribution in [3.05, 3.63) is 95.1 Å². The first-order chi connectivity index (χ1) is 15.3. The number of nitrogens with one attached hydrogen (secondary N) is 2. The molecule has 3 aromatic carbocycles. The van der Waals surface area contributed by atoms with Gasteiger partial charge in [0.2, 0.25) is 0 Å². The van der Waals surface area contributed by atoms with Crippen LogP contribution in [0.3, 0.4) is 0 Å². The second kappa shape index (κ2) is 10.5. The molecule has 0 aliphatic heterocycles. The average molecular weight is 444 g/mol. The second-order valence-corrected chi connectivity index (χ2v) is 7.72. The number of aryl methyl sites for hydroxylation is 1. The highest BCUT2D eigenvalue weighted by molar-refractivity contribution is 5.41. The minimum Gasteiger partial charge on any atom is -0.504 e. The van der Waals surface area contributed by atoms with Crippen LogP contribution in [0.15, 0.2) is 72.8 Å². The summed E-state index contributed by atoms with van der Waals surface area (Å²) < 4.78 is 38.5. The van der Waals surface area contributed by atoms with Gasteiger partial charge in [0.25, 0.3) is 0 Å². The number of benzene rings is 3. The minimum absolute atomic E-state index is 0.0326. The van der Waals surface area contributed by atoms with Crippen molar-refractivity contribution in [3.8, 4) is 11.5 Å². The molecular formula is C25H27F3N2O2. The Morgan fingerprint density at radius 1 is 0.812 bits per heavy atom. The van der Waals surface area contributed by atoms with E-state index in [1.165, 1.54) is 24.3 Å². The Hall–Kier alpha value is -3.03. The molecular weight excluding hydrogens is 417 g/mol. The number of alkyl halides is 3. The Morgan fingerprint density at radius 2 is 1.50 bits per heavy atom. The molecule has 3 aromatic rings. The van der Waals surface area contributed by atoms with E-state index >= 15 is 0 Å². The predicted molar refractivity (Wildman–Crippen MR) is 119 cm³/mol. The van der Waals surface area contributed by atoms with Crippen LogP contribution in [0.2, 0.25) is 0 Å². The quantitative estimate of drug-likeness (QED) is 0.337. The van der Waals surface area contributed by atoms with Gasteiger partial charge in [0.05, 0.1) is 5.56 Å². The van der Waals surface area contributed by atoms with Gasteiger partial charge in [-0.1, -0.05) is 48.5 Å². The van der Waals surface area contributed by atoms with Crippen LogP contribution >= 0.6 is 0 Å². The summed E-state index contributed by atoms with van der Waals surface area (Å²) >= 11 is 0. The molecule has 0 radical (unpaired) electrons. The maximum Gasteiger partial charge on any atom is 0.416 e. The summed E-state index contributed by atoms with van der Waals surface area (Å²) in [6, 6.07) is 19.5. The molecule has 0 aliphatic carbocycles. The molecule has 170 valence electrons. The first-order valence-corrected chi connectivity index (χ1v) is 10.4. The van der Waals surface area contributed by atoms with Crippen LogP contribution in [0, 0.1) is 0 Å². The monoisotopic (exact) mass is 444 g/mol. The Balaban J connectivity index is 1.82.